The largest absolute Gasteiger partial charge is 0.511 e. The van der Waals surface area contributed by atoms with E-state index in [2.05, 4.69) is 21.4 Å². The molecule has 0 aromatic heterocycles. The summed E-state index contributed by atoms with van der Waals surface area (Å²) in [5.74, 6) is 0.391. The average Bonchev–Trinajstić information content (AvgIpc) is 2.29. The van der Waals surface area contributed by atoms with Crippen molar-refractivity contribution in [1.29, 1.82) is 0 Å². The maximum Gasteiger partial charge on any atom is 0.511 e. The van der Waals surface area contributed by atoms with E-state index in [1.165, 1.54) is 0 Å². The fourth-order valence-corrected chi connectivity index (χ4v) is 1.56. The molecule has 6 nitrogen and oxygen atoms in total. The zero-order valence-electron chi connectivity index (χ0n) is 9.31. The van der Waals surface area contributed by atoms with Gasteiger partial charge in [0.2, 0.25) is 6.79 Å². The molecule has 6 heteroatoms. The second kappa shape index (κ2) is 7.05. The highest BCUT2D eigenvalue weighted by Crippen LogP contribution is 2.16. The average molecular weight is 230 g/mol. The first-order chi connectivity index (χ1) is 7.72. The van der Waals surface area contributed by atoms with Gasteiger partial charge in [-0.3, -0.25) is 0 Å². The summed E-state index contributed by atoms with van der Waals surface area (Å²) in [6, 6.07) is 0. The molecule has 1 fully saturated rings. The number of carbonyl (C=O) groups excluding carboxylic acids is 2. The fraction of sp³-hybridized carbons (Fsp3) is 0.800. The fourth-order valence-electron chi connectivity index (χ4n) is 1.56. The monoisotopic (exact) mass is 230 g/mol. The van der Waals surface area contributed by atoms with E-state index in [4.69, 9.17) is 4.74 Å². The summed E-state index contributed by atoms with van der Waals surface area (Å²) in [7, 11) is 2.07. The van der Waals surface area contributed by atoms with Crippen molar-refractivity contribution in [3.8, 4) is 0 Å². The zero-order valence-corrected chi connectivity index (χ0v) is 9.31. The highest BCUT2D eigenvalue weighted by Gasteiger charge is 2.18. The Hall–Kier alpha value is -1.30. The molecule has 0 aromatic rings. The van der Waals surface area contributed by atoms with E-state index in [0.717, 1.165) is 32.4 Å². The summed E-state index contributed by atoms with van der Waals surface area (Å²) < 4.78 is 13.4. The molecule has 1 aliphatic rings. The molecule has 0 aromatic carbocycles. The maximum absolute atomic E-state index is 11.0. The van der Waals surface area contributed by atoms with E-state index >= 15 is 0 Å². The first kappa shape index (κ1) is 12.8. The number of rotatable bonds is 5. The summed E-state index contributed by atoms with van der Waals surface area (Å²) in [6.07, 6.45) is 1.22. The summed E-state index contributed by atoms with van der Waals surface area (Å²) in [5.41, 5.74) is 0. The van der Waals surface area contributed by atoms with Crippen LogP contribution in [-0.2, 0) is 19.0 Å². The highest BCUT2D eigenvalue weighted by atomic mass is 16.8. The van der Waals surface area contributed by atoms with Gasteiger partial charge < -0.3 is 19.1 Å². The minimum atomic E-state index is -0.811. The van der Waals surface area contributed by atoms with Crippen LogP contribution in [0.3, 0.4) is 0 Å². The van der Waals surface area contributed by atoms with Gasteiger partial charge >= 0.3 is 12.6 Å². The van der Waals surface area contributed by atoms with Crippen molar-refractivity contribution < 1.29 is 23.8 Å². The summed E-state index contributed by atoms with van der Waals surface area (Å²) in [4.78, 5) is 22.8. The molecule has 0 aliphatic carbocycles. The molecule has 0 saturated carbocycles. The van der Waals surface area contributed by atoms with Crippen molar-refractivity contribution in [2.45, 2.75) is 12.8 Å². The number of ether oxygens (including phenoxy) is 3. The molecule has 0 unspecified atom stereocenters. The van der Waals surface area contributed by atoms with Crippen LogP contribution in [0.15, 0.2) is 0 Å². The van der Waals surface area contributed by atoms with E-state index in [1.807, 2.05) is 0 Å². The minimum absolute atomic E-state index is 0.359. The summed E-state index contributed by atoms with van der Waals surface area (Å²) in [6.45, 7) is 3.10. The molecule has 1 rings (SSSR count). The third-order valence-corrected chi connectivity index (χ3v) is 2.57. The molecule has 1 saturated heterocycles. The zero-order chi connectivity index (χ0) is 11.8. The Morgan fingerprint density at radius 3 is 2.69 bits per heavy atom. The van der Waals surface area contributed by atoms with Crippen LogP contribution in [0.1, 0.15) is 12.8 Å². The Balaban J connectivity index is 2.05. The van der Waals surface area contributed by atoms with Crippen LogP contribution >= 0.6 is 0 Å². The third kappa shape index (κ3) is 4.97. The lowest BCUT2D eigenvalue weighted by Crippen LogP contribution is -2.32. The van der Waals surface area contributed by atoms with Crippen molar-refractivity contribution in [1.82, 2.24) is 4.90 Å². The van der Waals surface area contributed by atoms with Gasteiger partial charge in [0.05, 0.1) is 6.61 Å². The standard InChI is InChI=1S/C10H16NO5/c1-11-4-2-9(3-5-11)6-15-10(13)16-8-14-7-12/h9H,2-6,8H2,1H3. The highest BCUT2D eigenvalue weighted by molar-refractivity contribution is 5.59. The van der Waals surface area contributed by atoms with Crippen molar-refractivity contribution in [2.24, 2.45) is 5.92 Å². The maximum atomic E-state index is 11.0. The molecular formula is C10H16NO5. The van der Waals surface area contributed by atoms with Crippen LogP contribution in [-0.4, -0.2) is 51.1 Å². The van der Waals surface area contributed by atoms with Crippen LogP contribution < -0.4 is 0 Å². The van der Waals surface area contributed by atoms with Gasteiger partial charge in [0.15, 0.2) is 0 Å². The smallest absolute Gasteiger partial charge is 0.434 e. The van der Waals surface area contributed by atoms with Gasteiger partial charge in [-0.05, 0) is 38.9 Å². The summed E-state index contributed by atoms with van der Waals surface area (Å²) >= 11 is 0. The Morgan fingerprint density at radius 2 is 2.06 bits per heavy atom. The molecule has 0 bridgehead atoms. The predicted octanol–water partition coefficient (Wildman–Crippen LogP) is 0.523. The van der Waals surface area contributed by atoms with Crippen LogP contribution in [0.4, 0.5) is 4.79 Å². The van der Waals surface area contributed by atoms with Gasteiger partial charge in [-0.15, -0.1) is 0 Å². The second-order valence-corrected chi connectivity index (χ2v) is 3.80. The molecule has 16 heavy (non-hydrogen) atoms. The summed E-state index contributed by atoms with van der Waals surface area (Å²) in [5, 5.41) is 0. The second-order valence-electron chi connectivity index (χ2n) is 3.80. The number of piperidine rings is 1. The molecular weight excluding hydrogens is 214 g/mol. The number of hydrogen-bond donors (Lipinski definition) is 0. The number of nitrogens with zero attached hydrogens (tertiary/aromatic N) is 1. The van der Waals surface area contributed by atoms with E-state index in [1.54, 1.807) is 0 Å². The third-order valence-electron chi connectivity index (χ3n) is 2.57. The van der Waals surface area contributed by atoms with E-state index in [-0.39, 0.29) is 0 Å². The van der Waals surface area contributed by atoms with Crippen LogP contribution in [0.5, 0.6) is 0 Å². The predicted molar refractivity (Wildman–Crippen MR) is 54.3 cm³/mol. The lowest BCUT2D eigenvalue weighted by Gasteiger charge is -2.28. The van der Waals surface area contributed by atoms with Crippen molar-refractivity contribution in [2.75, 3.05) is 33.5 Å². The SMILES string of the molecule is CN1CCC(COC(=O)OCO[C]=O)CC1. The van der Waals surface area contributed by atoms with Crippen LogP contribution in [0.25, 0.3) is 0 Å². The van der Waals surface area contributed by atoms with Gasteiger partial charge in [-0.1, -0.05) is 0 Å². The normalized spacial score (nSPS) is 17.8. The molecule has 0 spiro atoms. The Morgan fingerprint density at radius 1 is 1.38 bits per heavy atom. The van der Waals surface area contributed by atoms with Crippen molar-refractivity contribution in [3.05, 3.63) is 0 Å². The number of hydrogen-bond acceptors (Lipinski definition) is 6. The molecule has 1 heterocycles. The van der Waals surface area contributed by atoms with Gasteiger partial charge in [-0.2, -0.15) is 0 Å². The van der Waals surface area contributed by atoms with Crippen molar-refractivity contribution >= 4 is 12.6 Å². The van der Waals surface area contributed by atoms with Gasteiger partial charge in [-0.25, -0.2) is 9.59 Å². The minimum Gasteiger partial charge on any atom is -0.434 e. The van der Waals surface area contributed by atoms with Crippen LogP contribution in [0, 0.1) is 5.92 Å². The number of carbonyl (C=O) groups is 1. The first-order valence-electron chi connectivity index (χ1n) is 5.19. The number of likely N-dealkylation sites (tertiary alicyclic amines) is 1. The Bertz CT molecular complexity index is 225. The van der Waals surface area contributed by atoms with E-state index in [9.17, 15) is 9.59 Å². The Kier molecular flexibility index (Phi) is 5.63. The van der Waals surface area contributed by atoms with Crippen molar-refractivity contribution in [3.63, 3.8) is 0 Å². The topological polar surface area (TPSA) is 65.1 Å². The van der Waals surface area contributed by atoms with Gasteiger partial charge in [0, 0.05) is 0 Å². The first-order valence-corrected chi connectivity index (χ1v) is 5.19. The quantitative estimate of drug-likeness (QED) is 0.390. The van der Waals surface area contributed by atoms with Crippen LogP contribution in [0.2, 0.25) is 0 Å². The Labute approximate surface area is 94.4 Å². The van der Waals surface area contributed by atoms with E-state index < -0.39 is 12.9 Å². The van der Waals surface area contributed by atoms with E-state index in [0.29, 0.717) is 12.5 Å². The lowest BCUT2D eigenvalue weighted by atomic mass is 9.98. The molecule has 0 atom stereocenters. The molecule has 91 valence electrons. The molecule has 0 N–H and O–H groups in total. The lowest BCUT2D eigenvalue weighted by molar-refractivity contribution is -0.0100. The van der Waals surface area contributed by atoms with Gasteiger partial charge in [0.1, 0.15) is 0 Å². The van der Waals surface area contributed by atoms with Gasteiger partial charge in [0.25, 0.3) is 0 Å². The molecule has 1 radical (unpaired) electrons. The molecule has 0 amide bonds. The molecule has 1 aliphatic heterocycles.